The van der Waals surface area contributed by atoms with Gasteiger partial charge in [-0.1, -0.05) is 18.7 Å². The normalized spacial score (nSPS) is 15.4. The lowest BCUT2D eigenvalue weighted by Crippen LogP contribution is -2.49. The van der Waals surface area contributed by atoms with Gasteiger partial charge in [0, 0.05) is 31.7 Å². The Morgan fingerprint density at radius 1 is 1.20 bits per heavy atom. The van der Waals surface area contributed by atoms with E-state index < -0.39 is 0 Å². The van der Waals surface area contributed by atoms with Crippen molar-refractivity contribution >= 4 is 17.7 Å². The highest BCUT2D eigenvalue weighted by molar-refractivity contribution is 7.99. The topological polar surface area (TPSA) is 71.7 Å². The zero-order valence-electron chi connectivity index (χ0n) is 14.5. The smallest absolute Gasteiger partial charge is 0.277 e. The number of thioether (sulfide) groups is 1. The molecule has 0 radical (unpaired) electrons. The summed E-state index contributed by atoms with van der Waals surface area (Å²) >= 11 is 1.28. The van der Waals surface area contributed by atoms with Crippen molar-refractivity contribution in [3.8, 4) is 17.2 Å². The first kappa shape index (κ1) is 17.8. The summed E-state index contributed by atoms with van der Waals surface area (Å²) in [5.41, 5.74) is 0.821. The standard InChI is InChI=1S/C17H22N4O3S/c1-3-20-8-10-21(11-9-20)15(22)12-25-17-19-18-16(24-17)13-4-6-14(23-2)7-5-13/h4-7H,3,8-12H2,1-2H3. The molecular formula is C17H22N4O3S. The largest absolute Gasteiger partial charge is 0.497 e. The van der Waals surface area contributed by atoms with Crippen molar-refractivity contribution in [2.45, 2.75) is 12.1 Å². The molecule has 2 heterocycles. The Hall–Kier alpha value is -2.06. The summed E-state index contributed by atoms with van der Waals surface area (Å²) < 4.78 is 10.8. The second kappa shape index (κ2) is 8.35. The van der Waals surface area contributed by atoms with Gasteiger partial charge in [-0.2, -0.15) is 0 Å². The van der Waals surface area contributed by atoms with Crippen LogP contribution in [-0.4, -0.2) is 71.5 Å². The third-order valence-corrected chi connectivity index (χ3v) is 5.04. The number of benzene rings is 1. The third-order valence-electron chi connectivity index (χ3n) is 4.23. The number of ether oxygens (including phenoxy) is 1. The molecule has 0 N–H and O–H groups in total. The summed E-state index contributed by atoms with van der Waals surface area (Å²) in [5, 5.41) is 8.47. The minimum atomic E-state index is 0.116. The number of hydrogen-bond acceptors (Lipinski definition) is 7. The summed E-state index contributed by atoms with van der Waals surface area (Å²) in [6, 6.07) is 7.40. The lowest BCUT2D eigenvalue weighted by atomic mass is 10.2. The molecule has 0 aliphatic carbocycles. The highest BCUT2D eigenvalue weighted by Crippen LogP contribution is 2.25. The molecule has 0 bridgehead atoms. The number of aromatic nitrogens is 2. The summed E-state index contributed by atoms with van der Waals surface area (Å²) in [6.45, 7) is 6.63. The van der Waals surface area contributed by atoms with Crippen molar-refractivity contribution in [2.24, 2.45) is 0 Å². The van der Waals surface area contributed by atoms with Gasteiger partial charge in [-0.3, -0.25) is 4.79 Å². The van der Waals surface area contributed by atoms with Crippen molar-refractivity contribution in [3.63, 3.8) is 0 Å². The van der Waals surface area contributed by atoms with Crippen LogP contribution in [0.25, 0.3) is 11.5 Å². The number of methoxy groups -OCH3 is 1. The highest BCUT2D eigenvalue weighted by atomic mass is 32.2. The number of amides is 1. The molecule has 0 saturated carbocycles. The summed E-state index contributed by atoms with van der Waals surface area (Å²) in [6.07, 6.45) is 0. The molecule has 1 aromatic heterocycles. The number of likely N-dealkylation sites (N-methyl/N-ethyl adjacent to an activating group) is 1. The van der Waals surface area contributed by atoms with Crippen LogP contribution in [0.3, 0.4) is 0 Å². The molecule has 0 atom stereocenters. The molecule has 7 nitrogen and oxygen atoms in total. The van der Waals surface area contributed by atoms with Crippen LogP contribution in [0.1, 0.15) is 6.92 Å². The molecule has 0 unspecified atom stereocenters. The first-order chi connectivity index (χ1) is 12.2. The van der Waals surface area contributed by atoms with Crippen LogP contribution >= 0.6 is 11.8 Å². The van der Waals surface area contributed by atoms with Crippen molar-refractivity contribution in [3.05, 3.63) is 24.3 Å². The van der Waals surface area contributed by atoms with Gasteiger partial charge in [-0.05, 0) is 30.8 Å². The van der Waals surface area contributed by atoms with Gasteiger partial charge in [0.15, 0.2) is 0 Å². The Morgan fingerprint density at radius 2 is 1.92 bits per heavy atom. The van der Waals surface area contributed by atoms with E-state index in [1.165, 1.54) is 11.8 Å². The lowest BCUT2D eigenvalue weighted by Gasteiger charge is -2.33. The van der Waals surface area contributed by atoms with Gasteiger partial charge in [0.1, 0.15) is 5.75 Å². The second-order valence-electron chi connectivity index (χ2n) is 5.71. The zero-order valence-corrected chi connectivity index (χ0v) is 15.3. The Morgan fingerprint density at radius 3 is 2.56 bits per heavy atom. The van der Waals surface area contributed by atoms with Gasteiger partial charge >= 0.3 is 0 Å². The third kappa shape index (κ3) is 4.52. The summed E-state index contributed by atoms with van der Waals surface area (Å²) in [4.78, 5) is 16.5. The molecule has 1 aliphatic rings. The number of nitrogens with zero attached hydrogens (tertiary/aromatic N) is 4. The van der Waals surface area contributed by atoms with Crippen LogP contribution < -0.4 is 4.74 Å². The minimum Gasteiger partial charge on any atom is -0.497 e. The maximum Gasteiger partial charge on any atom is 0.277 e. The average molecular weight is 362 g/mol. The molecule has 1 fully saturated rings. The van der Waals surface area contributed by atoms with Crippen molar-refractivity contribution in [1.82, 2.24) is 20.0 Å². The van der Waals surface area contributed by atoms with Gasteiger partial charge in [0.2, 0.25) is 11.8 Å². The van der Waals surface area contributed by atoms with Crippen molar-refractivity contribution in [2.75, 3.05) is 45.6 Å². The van der Waals surface area contributed by atoms with Gasteiger partial charge in [0.25, 0.3) is 5.22 Å². The zero-order chi connectivity index (χ0) is 17.6. The number of carbonyl (C=O) groups excluding carboxylic acids is 1. The van der Waals surface area contributed by atoms with E-state index in [1.807, 2.05) is 29.2 Å². The Bertz CT molecular complexity index is 696. The van der Waals surface area contributed by atoms with Gasteiger partial charge in [-0.25, -0.2) is 0 Å². The second-order valence-corrected chi connectivity index (χ2v) is 6.63. The van der Waals surface area contributed by atoms with E-state index in [2.05, 4.69) is 22.0 Å². The van der Waals surface area contributed by atoms with E-state index in [0.29, 0.717) is 16.9 Å². The fraction of sp³-hybridized carbons (Fsp3) is 0.471. The molecule has 2 aromatic rings. The predicted octanol–water partition coefficient (Wildman–Crippen LogP) is 2.00. The van der Waals surface area contributed by atoms with Gasteiger partial charge < -0.3 is 19.0 Å². The molecule has 1 amide bonds. The van der Waals surface area contributed by atoms with E-state index in [-0.39, 0.29) is 5.91 Å². The van der Waals surface area contributed by atoms with Crippen molar-refractivity contribution in [1.29, 1.82) is 0 Å². The maximum atomic E-state index is 12.3. The fourth-order valence-corrected chi connectivity index (χ4v) is 3.31. The first-order valence-corrected chi connectivity index (χ1v) is 9.29. The Balaban J connectivity index is 1.52. The average Bonchev–Trinajstić information content (AvgIpc) is 3.15. The monoisotopic (exact) mass is 362 g/mol. The highest BCUT2D eigenvalue weighted by Gasteiger charge is 2.21. The van der Waals surface area contributed by atoms with Crippen LogP contribution in [0.2, 0.25) is 0 Å². The molecular weight excluding hydrogens is 340 g/mol. The molecule has 8 heteroatoms. The SMILES string of the molecule is CCN1CCN(C(=O)CSc2nnc(-c3ccc(OC)cc3)o2)CC1. The number of hydrogen-bond donors (Lipinski definition) is 0. The number of carbonyl (C=O) groups is 1. The van der Waals surface area contributed by atoms with Crippen LogP contribution in [-0.2, 0) is 4.79 Å². The number of piperazine rings is 1. The van der Waals surface area contributed by atoms with Gasteiger partial charge in [0.05, 0.1) is 12.9 Å². The molecule has 1 saturated heterocycles. The van der Waals surface area contributed by atoms with E-state index in [1.54, 1.807) is 7.11 Å². The van der Waals surface area contributed by atoms with Crippen LogP contribution in [0.5, 0.6) is 5.75 Å². The molecule has 1 aliphatic heterocycles. The minimum absolute atomic E-state index is 0.116. The van der Waals surface area contributed by atoms with E-state index >= 15 is 0 Å². The molecule has 134 valence electrons. The van der Waals surface area contributed by atoms with E-state index in [9.17, 15) is 4.79 Å². The van der Waals surface area contributed by atoms with Gasteiger partial charge in [-0.15, -0.1) is 10.2 Å². The summed E-state index contributed by atoms with van der Waals surface area (Å²) in [7, 11) is 1.62. The Kier molecular flexibility index (Phi) is 5.93. The number of rotatable bonds is 6. The Labute approximate surface area is 151 Å². The first-order valence-electron chi connectivity index (χ1n) is 8.30. The molecule has 0 spiro atoms. The fourth-order valence-electron chi connectivity index (χ4n) is 2.65. The van der Waals surface area contributed by atoms with E-state index in [0.717, 1.165) is 44.0 Å². The predicted molar refractivity (Wildman–Crippen MR) is 95.7 cm³/mol. The molecule has 3 rings (SSSR count). The molecule has 25 heavy (non-hydrogen) atoms. The quantitative estimate of drug-likeness (QED) is 0.728. The van der Waals surface area contributed by atoms with E-state index in [4.69, 9.17) is 9.15 Å². The van der Waals surface area contributed by atoms with Crippen LogP contribution in [0.4, 0.5) is 0 Å². The summed E-state index contributed by atoms with van der Waals surface area (Å²) in [5.74, 6) is 1.64. The molecule has 1 aromatic carbocycles. The van der Waals surface area contributed by atoms with Crippen molar-refractivity contribution < 1.29 is 13.9 Å². The van der Waals surface area contributed by atoms with Crippen LogP contribution in [0, 0.1) is 0 Å². The maximum absolute atomic E-state index is 12.3. The lowest BCUT2D eigenvalue weighted by molar-refractivity contribution is -0.130. The van der Waals surface area contributed by atoms with Crippen LogP contribution in [0.15, 0.2) is 33.9 Å².